The maximum Gasteiger partial charge on any atom is 0.262 e. The zero-order valence-electron chi connectivity index (χ0n) is 11.4. The van der Waals surface area contributed by atoms with Crippen molar-refractivity contribution in [2.24, 2.45) is 0 Å². The molecule has 2 rings (SSSR count). The predicted octanol–water partition coefficient (Wildman–Crippen LogP) is 3.93. The Balaban J connectivity index is 1.92. The Labute approximate surface area is 132 Å². The van der Waals surface area contributed by atoms with Crippen molar-refractivity contribution in [2.75, 3.05) is 11.9 Å². The van der Waals surface area contributed by atoms with Crippen LogP contribution < -0.4 is 10.1 Å². The average molecular weight is 381 g/mol. The molecule has 0 aromatic heterocycles. The fourth-order valence-electron chi connectivity index (χ4n) is 1.95. The normalized spacial score (nSPS) is 10.2. The van der Waals surface area contributed by atoms with Gasteiger partial charge in [0.05, 0.1) is 0 Å². The summed E-state index contributed by atoms with van der Waals surface area (Å²) in [6.07, 6.45) is 0. The summed E-state index contributed by atoms with van der Waals surface area (Å²) in [5.74, 6) is 0.543. The molecule has 104 valence electrons. The molecule has 0 unspecified atom stereocenters. The summed E-state index contributed by atoms with van der Waals surface area (Å²) in [6, 6.07) is 13.6. The number of amides is 1. The first-order valence-corrected chi connectivity index (χ1v) is 7.37. The number of nitrogens with one attached hydrogen (secondary N) is 1. The van der Waals surface area contributed by atoms with Crippen LogP contribution in [0.15, 0.2) is 42.5 Å². The number of benzene rings is 2. The molecule has 2 aromatic rings. The van der Waals surface area contributed by atoms with Gasteiger partial charge in [0.1, 0.15) is 5.75 Å². The van der Waals surface area contributed by atoms with Crippen molar-refractivity contribution in [2.45, 2.75) is 13.8 Å². The third kappa shape index (κ3) is 4.52. The maximum absolute atomic E-state index is 11.9. The van der Waals surface area contributed by atoms with Crippen molar-refractivity contribution in [1.29, 1.82) is 0 Å². The van der Waals surface area contributed by atoms with Gasteiger partial charge in [-0.25, -0.2) is 0 Å². The van der Waals surface area contributed by atoms with Crippen LogP contribution in [-0.2, 0) is 4.79 Å². The summed E-state index contributed by atoms with van der Waals surface area (Å²) in [7, 11) is 0. The number of hydrogen-bond donors (Lipinski definition) is 1. The van der Waals surface area contributed by atoms with E-state index in [1.807, 2.05) is 50.2 Å². The van der Waals surface area contributed by atoms with E-state index in [1.165, 1.54) is 0 Å². The van der Waals surface area contributed by atoms with Gasteiger partial charge in [0.15, 0.2) is 6.61 Å². The molecular formula is C16H16INO2. The smallest absolute Gasteiger partial charge is 0.262 e. The summed E-state index contributed by atoms with van der Waals surface area (Å²) in [5, 5.41) is 2.84. The number of carbonyl (C=O) groups is 1. The molecule has 0 spiro atoms. The molecule has 1 N–H and O–H groups in total. The van der Waals surface area contributed by atoms with Gasteiger partial charge in [-0.1, -0.05) is 12.1 Å². The number of carbonyl (C=O) groups excluding carboxylic acids is 1. The van der Waals surface area contributed by atoms with Crippen molar-refractivity contribution in [3.05, 3.63) is 57.2 Å². The molecule has 2 aromatic carbocycles. The minimum absolute atomic E-state index is 0.00703. The van der Waals surface area contributed by atoms with Crippen molar-refractivity contribution in [1.82, 2.24) is 0 Å². The molecule has 0 heterocycles. The Morgan fingerprint density at radius 3 is 2.50 bits per heavy atom. The van der Waals surface area contributed by atoms with Gasteiger partial charge >= 0.3 is 0 Å². The monoisotopic (exact) mass is 381 g/mol. The number of halogens is 1. The molecule has 3 nitrogen and oxygen atoms in total. The van der Waals surface area contributed by atoms with Gasteiger partial charge in [-0.15, -0.1) is 0 Å². The van der Waals surface area contributed by atoms with Gasteiger partial charge in [-0.3, -0.25) is 4.79 Å². The summed E-state index contributed by atoms with van der Waals surface area (Å²) in [5.41, 5.74) is 3.05. The molecule has 0 saturated heterocycles. The first-order chi connectivity index (χ1) is 9.52. The first kappa shape index (κ1) is 14.8. The maximum atomic E-state index is 11.9. The van der Waals surface area contributed by atoms with Crippen LogP contribution in [0.3, 0.4) is 0 Å². The van der Waals surface area contributed by atoms with Crippen molar-refractivity contribution in [3.8, 4) is 5.75 Å². The highest BCUT2D eigenvalue weighted by molar-refractivity contribution is 14.1. The summed E-state index contributed by atoms with van der Waals surface area (Å²) in [4.78, 5) is 11.9. The molecule has 0 radical (unpaired) electrons. The number of ether oxygens (including phenoxy) is 1. The number of aryl methyl sites for hydroxylation is 2. The molecule has 0 saturated carbocycles. The summed E-state index contributed by atoms with van der Waals surface area (Å²) >= 11 is 2.21. The Bertz CT molecular complexity index is 605. The van der Waals surface area contributed by atoms with Gasteiger partial charge in [-0.05, 0) is 77.9 Å². The largest absolute Gasteiger partial charge is 0.484 e. The van der Waals surface area contributed by atoms with Gasteiger partial charge < -0.3 is 10.1 Å². The lowest BCUT2D eigenvalue weighted by Crippen LogP contribution is -2.20. The molecule has 0 aliphatic rings. The highest BCUT2D eigenvalue weighted by Crippen LogP contribution is 2.16. The Morgan fingerprint density at radius 1 is 1.15 bits per heavy atom. The van der Waals surface area contributed by atoms with E-state index < -0.39 is 0 Å². The fraction of sp³-hybridized carbons (Fsp3) is 0.188. The van der Waals surface area contributed by atoms with Crippen LogP contribution in [0.4, 0.5) is 5.69 Å². The quantitative estimate of drug-likeness (QED) is 0.816. The van der Waals surface area contributed by atoms with Crippen LogP contribution in [0.5, 0.6) is 5.75 Å². The number of rotatable bonds is 4. The standard InChI is InChI=1S/C16H16INO2/c1-11-6-12(2)8-14(7-11)18-16(19)10-20-15-5-3-4-13(17)9-15/h3-9H,10H2,1-2H3,(H,18,19). The third-order valence-electron chi connectivity index (χ3n) is 2.67. The predicted molar refractivity (Wildman–Crippen MR) is 89.2 cm³/mol. The van der Waals surface area contributed by atoms with E-state index in [4.69, 9.17) is 4.74 Å². The fourth-order valence-corrected chi connectivity index (χ4v) is 2.46. The van der Waals surface area contributed by atoms with E-state index >= 15 is 0 Å². The molecule has 4 heteroatoms. The van der Waals surface area contributed by atoms with Crippen LogP contribution >= 0.6 is 22.6 Å². The lowest BCUT2D eigenvalue weighted by molar-refractivity contribution is -0.118. The van der Waals surface area contributed by atoms with Gasteiger partial charge in [-0.2, -0.15) is 0 Å². The van der Waals surface area contributed by atoms with Crippen molar-refractivity contribution < 1.29 is 9.53 Å². The van der Waals surface area contributed by atoms with Crippen LogP contribution in [0.2, 0.25) is 0 Å². The lowest BCUT2D eigenvalue weighted by atomic mass is 10.1. The second-order valence-corrected chi connectivity index (χ2v) is 5.92. The second-order valence-electron chi connectivity index (χ2n) is 4.67. The zero-order valence-corrected chi connectivity index (χ0v) is 13.6. The van der Waals surface area contributed by atoms with E-state index in [9.17, 15) is 4.79 Å². The third-order valence-corrected chi connectivity index (χ3v) is 3.34. The van der Waals surface area contributed by atoms with E-state index in [1.54, 1.807) is 0 Å². The van der Waals surface area contributed by atoms with E-state index in [-0.39, 0.29) is 12.5 Å². The summed E-state index contributed by atoms with van der Waals surface area (Å²) < 4.78 is 6.54. The van der Waals surface area contributed by atoms with E-state index in [2.05, 4.69) is 34.0 Å². The van der Waals surface area contributed by atoms with Crippen molar-refractivity contribution in [3.63, 3.8) is 0 Å². The molecule has 0 atom stereocenters. The van der Waals surface area contributed by atoms with Crippen molar-refractivity contribution >= 4 is 34.2 Å². The molecule has 0 bridgehead atoms. The minimum Gasteiger partial charge on any atom is -0.484 e. The van der Waals surface area contributed by atoms with Gasteiger partial charge in [0, 0.05) is 9.26 Å². The molecule has 20 heavy (non-hydrogen) atoms. The van der Waals surface area contributed by atoms with Crippen LogP contribution in [0.1, 0.15) is 11.1 Å². The topological polar surface area (TPSA) is 38.3 Å². The lowest BCUT2D eigenvalue weighted by Gasteiger charge is -2.09. The minimum atomic E-state index is -0.158. The van der Waals surface area contributed by atoms with Gasteiger partial charge in [0.25, 0.3) is 5.91 Å². The van der Waals surface area contributed by atoms with E-state index in [0.29, 0.717) is 5.75 Å². The Hall–Kier alpha value is -1.56. The van der Waals surface area contributed by atoms with Crippen LogP contribution in [-0.4, -0.2) is 12.5 Å². The average Bonchev–Trinajstić information content (AvgIpc) is 2.35. The second kappa shape index (κ2) is 6.74. The highest BCUT2D eigenvalue weighted by atomic mass is 127. The number of hydrogen-bond acceptors (Lipinski definition) is 2. The van der Waals surface area contributed by atoms with Gasteiger partial charge in [0.2, 0.25) is 0 Å². The summed E-state index contributed by atoms with van der Waals surface area (Å²) in [6.45, 7) is 4.02. The molecule has 0 fully saturated rings. The highest BCUT2D eigenvalue weighted by Gasteiger charge is 2.05. The zero-order chi connectivity index (χ0) is 14.5. The molecule has 1 amide bonds. The van der Waals surface area contributed by atoms with Crippen LogP contribution in [0, 0.1) is 17.4 Å². The SMILES string of the molecule is Cc1cc(C)cc(NC(=O)COc2cccc(I)c2)c1. The molecular weight excluding hydrogens is 365 g/mol. The number of anilines is 1. The Morgan fingerprint density at radius 2 is 1.85 bits per heavy atom. The van der Waals surface area contributed by atoms with Crippen LogP contribution in [0.25, 0.3) is 0 Å². The molecule has 0 aliphatic heterocycles. The first-order valence-electron chi connectivity index (χ1n) is 6.29. The Kier molecular flexibility index (Phi) is 5.00. The van der Waals surface area contributed by atoms with E-state index in [0.717, 1.165) is 20.4 Å². The molecule has 0 aliphatic carbocycles.